The van der Waals surface area contributed by atoms with Gasteiger partial charge in [0, 0.05) is 6.42 Å². The fourth-order valence-corrected chi connectivity index (χ4v) is 1.75. The van der Waals surface area contributed by atoms with Crippen LogP contribution in [-0.2, 0) is 11.1 Å². The number of benzene rings is 1. The molecule has 0 fully saturated rings. The predicted molar refractivity (Wildman–Crippen MR) is 59.2 cm³/mol. The molecule has 5 heteroatoms. The largest absolute Gasteiger partial charge is 0.634 e. The average Bonchev–Trinajstić information content (AvgIpc) is 2.04. The molecule has 1 aromatic rings. The Bertz CT molecular complexity index is 242. The molecule has 0 aliphatic carbocycles. The van der Waals surface area contributed by atoms with Crippen LogP contribution in [0.3, 0.4) is 0 Å². The van der Waals surface area contributed by atoms with Crippen LogP contribution >= 0.6 is 22.6 Å². The van der Waals surface area contributed by atoms with Crippen LogP contribution in [0.4, 0.5) is 0 Å². The quantitative estimate of drug-likeness (QED) is 0.494. The second kappa shape index (κ2) is 5.59. The summed E-state index contributed by atoms with van der Waals surface area (Å²) in [6, 6.07) is 9.76. The van der Waals surface area contributed by atoms with Crippen LogP contribution in [0, 0.1) is 0 Å². The standard InChI is InChI=1S/C8H10BIO3/c10-8(13-9(11)12)6-7-4-2-1-3-5-7/h1-5,8,11-12H,6H2. The summed E-state index contributed by atoms with van der Waals surface area (Å²) >= 11 is 2.02. The van der Waals surface area contributed by atoms with Gasteiger partial charge in [0.05, 0.1) is 0 Å². The van der Waals surface area contributed by atoms with Crippen molar-refractivity contribution in [2.75, 3.05) is 0 Å². The molecule has 0 amide bonds. The zero-order valence-corrected chi connectivity index (χ0v) is 9.09. The Balaban J connectivity index is 2.41. The molecule has 0 bridgehead atoms. The third kappa shape index (κ3) is 4.61. The minimum absolute atomic E-state index is 0.222. The minimum atomic E-state index is -1.69. The van der Waals surface area contributed by atoms with Crippen molar-refractivity contribution in [2.24, 2.45) is 0 Å². The van der Waals surface area contributed by atoms with Crippen LogP contribution in [0.5, 0.6) is 0 Å². The molecule has 0 saturated heterocycles. The van der Waals surface area contributed by atoms with Gasteiger partial charge in [-0.05, 0) is 5.56 Å². The van der Waals surface area contributed by atoms with Crippen LogP contribution in [-0.4, -0.2) is 21.5 Å². The van der Waals surface area contributed by atoms with Gasteiger partial charge in [-0.25, -0.2) is 0 Å². The lowest BCUT2D eigenvalue weighted by Crippen LogP contribution is -2.23. The highest BCUT2D eigenvalue weighted by atomic mass is 127. The summed E-state index contributed by atoms with van der Waals surface area (Å²) < 4.78 is 4.53. The van der Waals surface area contributed by atoms with Crippen molar-refractivity contribution in [3.63, 3.8) is 0 Å². The maximum atomic E-state index is 8.53. The van der Waals surface area contributed by atoms with Gasteiger partial charge in [0.15, 0.2) is 0 Å². The van der Waals surface area contributed by atoms with Gasteiger partial charge < -0.3 is 14.7 Å². The molecule has 3 nitrogen and oxygen atoms in total. The fraction of sp³-hybridized carbons (Fsp3) is 0.250. The van der Waals surface area contributed by atoms with E-state index in [2.05, 4.69) is 0 Å². The minimum Gasteiger partial charge on any atom is -0.402 e. The van der Waals surface area contributed by atoms with Crippen LogP contribution in [0.2, 0.25) is 0 Å². The van der Waals surface area contributed by atoms with Crippen molar-refractivity contribution in [2.45, 2.75) is 10.5 Å². The molecule has 0 spiro atoms. The molecule has 1 atom stereocenters. The molecule has 0 aromatic heterocycles. The molecular formula is C8H10BIO3. The van der Waals surface area contributed by atoms with Crippen LogP contribution in [0.15, 0.2) is 30.3 Å². The molecule has 1 aromatic carbocycles. The highest BCUT2D eigenvalue weighted by Crippen LogP contribution is 2.11. The molecule has 13 heavy (non-hydrogen) atoms. The van der Waals surface area contributed by atoms with E-state index in [1.54, 1.807) is 0 Å². The third-order valence-electron chi connectivity index (χ3n) is 1.51. The van der Waals surface area contributed by atoms with Crippen molar-refractivity contribution in [1.29, 1.82) is 0 Å². The Hall–Kier alpha value is -0.105. The molecule has 1 unspecified atom stereocenters. The monoisotopic (exact) mass is 292 g/mol. The van der Waals surface area contributed by atoms with Gasteiger partial charge in [0.25, 0.3) is 0 Å². The lowest BCUT2D eigenvalue weighted by atomic mass is 10.1. The van der Waals surface area contributed by atoms with E-state index in [0.717, 1.165) is 5.56 Å². The number of halogens is 1. The van der Waals surface area contributed by atoms with E-state index in [4.69, 9.17) is 14.7 Å². The smallest absolute Gasteiger partial charge is 0.402 e. The second-order valence-corrected chi connectivity index (χ2v) is 3.95. The molecule has 0 radical (unpaired) electrons. The van der Waals surface area contributed by atoms with Crippen molar-refractivity contribution < 1.29 is 14.7 Å². The SMILES string of the molecule is OB(O)OC(I)Cc1ccccc1. The first-order chi connectivity index (χ1) is 6.18. The first kappa shape index (κ1) is 11.0. The van der Waals surface area contributed by atoms with Gasteiger partial charge >= 0.3 is 7.32 Å². The van der Waals surface area contributed by atoms with E-state index < -0.39 is 7.32 Å². The topological polar surface area (TPSA) is 49.7 Å². The van der Waals surface area contributed by atoms with Crippen LogP contribution in [0.1, 0.15) is 5.56 Å². The predicted octanol–water partition coefficient (Wildman–Crippen LogP) is 0.976. The normalized spacial score (nSPS) is 12.5. The lowest BCUT2D eigenvalue weighted by molar-refractivity contribution is 0.178. The lowest BCUT2D eigenvalue weighted by Gasteiger charge is -2.10. The summed E-state index contributed by atoms with van der Waals surface area (Å²) in [7, 11) is -1.69. The van der Waals surface area contributed by atoms with Gasteiger partial charge in [-0.1, -0.05) is 52.9 Å². The summed E-state index contributed by atoms with van der Waals surface area (Å²) in [6.45, 7) is 0. The van der Waals surface area contributed by atoms with Crippen molar-refractivity contribution in [3.8, 4) is 0 Å². The zero-order valence-electron chi connectivity index (χ0n) is 6.93. The number of alkyl halides is 1. The summed E-state index contributed by atoms with van der Waals surface area (Å²) in [5.41, 5.74) is 1.11. The fourth-order valence-electron chi connectivity index (χ4n) is 0.980. The van der Waals surface area contributed by atoms with E-state index in [1.165, 1.54) is 0 Å². The highest BCUT2D eigenvalue weighted by molar-refractivity contribution is 14.1. The van der Waals surface area contributed by atoms with Gasteiger partial charge in [-0.15, -0.1) is 0 Å². The van der Waals surface area contributed by atoms with E-state index in [1.807, 2.05) is 52.9 Å². The summed E-state index contributed by atoms with van der Waals surface area (Å²) in [6.07, 6.45) is 0.666. The van der Waals surface area contributed by atoms with Gasteiger partial charge in [0.1, 0.15) is 4.11 Å². The Labute approximate surface area is 91.1 Å². The van der Waals surface area contributed by atoms with E-state index >= 15 is 0 Å². The van der Waals surface area contributed by atoms with Crippen molar-refractivity contribution in [1.82, 2.24) is 0 Å². The summed E-state index contributed by atoms with van der Waals surface area (Å²) in [4.78, 5) is 0. The molecular weight excluding hydrogens is 282 g/mol. The molecule has 0 aliphatic heterocycles. The number of hydrogen-bond acceptors (Lipinski definition) is 3. The molecule has 70 valence electrons. The Morgan fingerprint density at radius 1 is 1.31 bits per heavy atom. The summed E-state index contributed by atoms with van der Waals surface area (Å²) in [5.74, 6) is 0. The van der Waals surface area contributed by atoms with Crippen molar-refractivity contribution >= 4 is 29.9 Å². The number of hydrogen-bond donors (Lipinski definition) is 2. The Morgan fingerprint density at radius 3 is 2.46 bits per heavy atom. The summed E-state index contributed by atoms with van der Waals surface area (Å²) in [5, 5.41) is 17.1. The van der Waals surface area contributed by atoms with Gasteiger partial charge in [-0.2, -0.15) is 0 Å². The molecule has 0 aliphatic rings. The molecule has 0 saturated carbocycles. The van der Waals surface area contributed by atoms with Crippen LogP contribution < -0.4 is 0 Å². The maximum absolute atomic E-state index is 8.53. The van der Waals surface area contributed by atoms with E-state index in [9.17, 15) is 0 Å². The van der Waals surface area contributed by atoms with Gasteiger partial charge in [0.2, 0.25) is 0 Å². The van der Waals surface area contributed by atoms with E-state index in [0.29, 0.717) is 6.42 Å². The van der Waals surface area contributed by atoms with Crippen LogP contribution in [0.25, 0.3) is 0 Å². The number of rotatable bonds is 4. The Kier molecular flexibility index (Phi) is 4.72. The average molecular weight is 292 g/mol. The van der Waals surface area contributed by atoms with Gasteiger partial charge in [-0.3, -0.25) is 0 Å². The first-order valence-electron chi connectivity index (χ1n) is 3.88. The molecule has 0 heterocycles. The molecule has 2 N–H and O–H groups in total. The first-order valence-corrected chi connectivity index (χ1v) is 5.12. The third-order valence-corrected chi connectivity index (χ3v) is 2.24. The van der Waals surface area contributed by atoms with E-state index in [-0.39, 0.29) is 4.11 Å². The Morgan fingerprint density at radius 2 is 1.92 bits per heavy atom. The molecule has 1 rings (SSSR count). The van der Waals surface area contributed by atoms with Crippen molar-refractivity contribution in [3.05, 3.63) is 35.9 Å². The maximum Gasteiger partial charge on any atom is 0.634 e. The second-order valence-electron chi connectivity index (χ2n) is 2.56. The zero-order chi connectivity index (χ0) is 9.68. The highest BCUT2D eigenvalue weighted by Gasteiger charge is 2.15.